The van der Waals surface area contributed by atoms with Gasteiger partial charge in [-0.1, -0.05) is 380 Å². The van der Waals surface area contributed by atoms with Crippen LogP contribution in [-0.4, -0.2) is 96.7 Å². The van der Waals surface area contributed by atoms with Crippen LogP contribution in [0.2, 0.25) is 0 Å². The van der Waals surface area contributed by atoms with E-state index in [1.807, 2.05) is 0 Å². The van der Waals surface area contributed by atoms with E-state index in [9.17, 15) is 43.2 Å². The Hall–Kier alpha value is -2.46. The van der Waals surface area contributed by atoms with Crippen molar-refractivity contribution in [3.8, 4) is 0 Å². The first-order valence-corrected chi connectivity index (χ1v) is 46.5. The standard InChI is InChI=1S/C85H162O17P2/c1-6-10-13-16-19-22-25-28-31-33-35-36-37-39-42-45-48-51-54-61-66-70-84(89)101-80(74-95-82(87)68-63-58-52-49-46-43-41-38-34-32-29-26-23-20-17-14-11-7-2)76-99-103(91,92)97-72-79(86)73-98-104(93,94)100-77-81(75-96-83(88)69-64-59-56-55-57-62-67-78(5)9-4)102-85(90)71-65-60-53-50-47-44-40-30-27-24-21-18-15-12-8-3/h24,27,30,40,78-81,86H,6-23,25-26,28-29,31-39,41-77H2,1-5H3,(H,91,92)(H,93,94)/b27-24-,40-30-/t78?,79-,80-,81-/m1/s1. The third-order valence-electron chi connectivity index (χ3n) is 19.8. The van der Waals surface area contributed by atoms with E-state index in [-0.39, 0.29) is 25.7 Å². The van der Waals surface area contributed by atoms with Crippen LogP contribution in [0.25, 0.3) is 0 Å². The minimum Gasteiger partial charge on any atom is -0.462 e. The molecule has 0 saturated heterocycles. The Bertz CT molecular complexity index is 2080. The van der Waals surface area contributed by atoms with Crippen LogP contribution in [0, 0.1) is 5.92 Å². The molecular formula is C85H162O17P2. The number of rotatable bonds is 83. The maximum atomic E-state index is 13.1. The summed E-state index contributed by atoms with van der Waals surface area (Å²) in [6, 6.07) is 0. The Kier molecular flexibility index (Phi) is 75.4. The Balaban J connectivity index is 5.25. The molecule has 3 N–H and O–H groups in total. The number of aliphatic hydroxyl groups excluding tert-OH is 1. The topological polar surface area (TPSA) is 237 Å². The van der Waals surface area contributed by atoms with Crippen molar-refractivity contribution < 1.29 is 80.2 Å². The van der Waals surface area contributed by atoms with E-state index in [0.29, 0.717) is 25.7 Å². The fourth-order valence-corrected chi connectivity index (χ4v) is 14.3. The van der Waals surface area contributed by atoms with Gasteiger partial charge in [0.15, 0.2) is 12.2 Å². The molecule has 0 aliphatic carbocycles. The molecule has 0 aliphatic heterocycles. The second-order valence-electron chi connectivity index (χ2n) is 30.1. The normalized spacial score (nSPS) is 14.2. The lowest BCUT2D eigenvalue weighted by Crippen LogP contribution is -2.30. The average molecular weight is 1520 g/mol. The molecule has 3 unspecified atom stereocenters. The fourth-order valence-electron chi connectivity index (χ4n) is 12.7. The molecule has 0 spiro atoms. The van der Waals surface area contributed by atoms with E-state index >= 15 is 0 Å². The largest absolute Gasteiger partial charge is 0.472 e. The number of unbranched alkanes of at least 4 members (excludes halogenated alkanes) is 51. The van der Waals surface area contributed by atoms with E-state index in [0.717, 1.165) is 115 Å². The van der Waals surface area contributed by atoms with Gasteiger partial charge in [-0.25, -0.2) is 9.13 Å². The second-order valence-corrected chi connectivity index (χ2v) is 33.0. The minimum absolute atomic E-state index is 0.0846. The molecule has 19 heteroatoms. The van der Waals surface area contributed by atoms with E-state index in [1.165, 1.54) is 238 Å². The van der Waals surface area contributed by atoms with E-state index in [2.05, 4.69) is 58.9 Å². The molecule has 0 bridgehead atoms. The molecule has 6 atom stereocenters. The van der Waals surface area contributed by atoms with Gasteiger partial charge in [-0.2, -0.15) is 0 Å². The molecule has 0 rings (SSSR count). The van der Waals surface area contributed by atoms with Gasteiger partial charge in [0.1, 0.15) is 19.3 Å². The van der Waals surface area contributed by atoms with Gasteiger partial charge in [-0.05, 0) is 57.3 Å². The van der Waals surface area contributed by atoms with Crippen molar-refractivity contribution in [2.75, 3.05) is 39.6 Å². The monoisotopic (exact) mass is 1520 g/mol. The Morgan fingerprint density at radius 1 is 0.308 bits per heavy atom. The molecule has 0 saturated carbocycles. The Morgan fingerprint density at radius 2 is 0.538 bits per heavy atom. The van der Waals surface area contributed by atoms with Crippen molar-refractivity contribution in [2.24, 2.45) is 5.92 Å². The molecule has 614 valence electrons. The summed E-state index contributed by atoms with van der Waals surface area (Å²) in [5.41, 5.74) is 0. The van der Waals surface area contributed by atoms with Crippen molar-refractivity contribution in [3.63, 3.8) is 0 Å². The van der Waals surface area contributed by atoms with Crippen molar-refractivity contribution in [1.82, 2.24) is 0 Å². The van der Waals surface area contributed by atoms with Crippen LogP contribution in [-0.2, 0) is 65.4 Å². The highest BCUT2D eigenvalue weighted by molar-refractivity contribution is 7.47. The SMILES string of the molecule is CCCCCC/C=C\C=C/CCCCCCCC(=O)O[C@H](COC(=O)CCCCCCCCC(C)CC)COP(=O)(O)OC[C@H](O)COP(=O)(O)OC[C@@H](COC(=O)CCCCCCCCCCCCCCCCCCCC)OC(=O)CCCCCCCCCCCCCCCCCCCCCCC. The summed E-state index contributed by atoms with van der Waals surface area (Å²) in [7, 11) is -9.94. The highest BCUT2D eigenvalue weighted by Crippen LogP contribution is 2.45. The van der Waals surface area contributed by atoms with Gasteiger partial charge in [-0.3, -0.25) is 37.3 Å². The van der Waals surface area contributed by atoms with Gasteiger partial charge in [0.05, 0.1) is 26.4 Å². The predicted molar refractivity (Wildman–Crippen MR) is 428 cm³/mol. The molecule has 0 fully saturated rings. The number of ether oxygens (including phenoxy) is 4. The number of phosphoric acid groups is 2. The third-order valence-corrected chi connectivity index (χ3v) is 21.7. The number of hydrogen-bond donors (Lipinski definition) is 3. The van der Waals surface area contributed by atoms with Gasteiger partial charge >= 0.3 is 39.5 Å². The molecule has 0 aliphatic rings. The lowest BCUT2D eigenvalue weighted by molar-refractivity contribution is -0.161. The first-order chi connectivity index (χ1) is 50.6. The number of carbonyl (C=O) groups is 4. The van der Waals surface area contributed by atoms with Crippen LogP contribution in [0.1, 0.15) is 433 Å². The number of hydrogen-bond acceptors (Lipinski definition) is 15. The summed E-state index contributed by atoms with van der Waals surface area (Å²) in [5.74, 6) is -1.41. The molecule has 17 nitrogen and oxygen atoms in total. The maximum absolute atomic E-state index is 13.1. The van der Waals surface area contributed by atoms with Gasteiger partial charge in [0.25, 0.3) is 0 Å². The fraction of sp³-hybridized carbons (Fsp3) is 0.906. The highest BCUT2D eigenvalue weighted by atomic mass is 31.2. The predicted octanol–water partition coefficient (Wildman–Crippen LogP) is 25.5. The number of allylic oxidation sites excluding steroid dienone is 4. The lowest BCUT2D eigenvalue weighted by Gasteiger charge is -2.21. The second kappa shape index (κ2) is 77.3. The quantitative estimate of drug-likeness (QED) is 0.0169. The summed E-state index contributed by atoms with van der Waals surface area (Å²) < 4.78 is 68.8. The first-order valence-electron chi connectivity index (χ1n) is 43.5. The molecular weight excluding hydrogens is 1350 g/mol. The van der Waals surface area contributed by atoms with Crippen LogP contribution in [0.3, 0.4) is 0 Å². The zero-order valence-electron chi connectivity index (χ0n) is 67.7. The van der Waals surface area contributed by atoms with Crippen molar-refractivity contribution in [3.05, 3.63) is 24.3 Å². The summed E-state index contributed by atoms with van der Waals surface area (Å²) in [6.07, 6.45) is 73.1. The average Bonchev–Trinajstić information content (AvgIpc) is 0.905. The molecule has 0 aromatic carbocycles. The number of esters is 4. The highest BCUT2D eigenvalue weighted by Gasteiger charge is 2.30. The summed E-state index contributed by atoms with van der Waals surface area (Å²) in [4.78, 5) is 73.1. The van der Waals surface area contributed by atoms with Crippen molar-refractivity contribution >= 4 is 39.5 Å². The zero-order valence-corrected chi connectivity index (χ0v) is 69.4. The number of phosphoric ester groups is 2. The van der Waals surface area contributed by atoms with Crippen LogP contribution >= 0.6 is 15.6 Å². The van der Waals surface area contributed by atoms with Crippen LogP contribution in [0.5, 0.6) is 0 Å². The van der Waals surface area contributed by atoms with Crippen molar-refractivity contribution in [2.45, 2.75) is 451 Å². The summed E-state index contributed by atoms with van der Waals surface area (Å²) in [6.45, 7) is 7.24. The maximum Gasteiger partial charge on any atom is 0.472 e. The summed E-state index contributed by atoms with van der Waals surface area (Å²) >= 11 is 0. The zero-order chi connectivity index (χ0) is 76.2. The van der Waals surface area contributed by atoms with Crippen LogP contribution in [0.15, 0.2) is 24.3 Å². The Labute approximate surface area is 637 Å². The summed E-state index contributed by atoms with van der Waals surface area (Å²) in [5, 5.41) is 10.7. The van der Waals surface area contributed by atoms with Gasteiger partial charge in [-0.15, -0.1) is 0 Å². The molecule has 0 radical (unpaired) electrons. The van der Waals surface area contributed by atoms with Crippen LogP contribution in [0.4, 0.5) is 0 Å². The molecule has 0 heterocycles. The minimum atomic E-state index is -4.97. The smallest absolute Gasteiger partial charge is 0.462 e. The van der Waals surface area contributed by atoms with Gasteiger partial charge < -0.3 is 33.8 Å². The molecule has 0 aromatic heterocycles. The van der Waals surface area contributed by atoms with E-state index < -0.39 is 97.5 Å². The number of carbonyl (C=O) groups excluding carboxylic acids is 4. The third kappa shape index (κ3) is 76.3. The Morgan fingerprint density at radius 3 is 0.817 bits per heavy atom. The van der Waals surface area contributed by atoms with E-state index in [1.54, 1.807) is 0 Å². The lowest BCUT2D eigenvalue weighted by atomic mass is 10.00. The molecule has 104 heavy (non-hydrogen) atoms. The van der Waals surface area contributed by atoms with Crippen LogP contribution < -0.4 is 0 Å². The van der Waals surface area contributed by atoms with Gasteiger partial charge in [0.2, 0.25) is 0 Å². The first kappa shape index (κ1) is 102. The number of aliphatic hydroxyl groups is 1. The van der Waals surface area contributed by atoms with Gasteiger partial charge in [0, 0.05) is 25.7 Å². The van der Waals surface area contributed by atoms with E-state index in [4.69, 9.17) is 37.0 Å². The molecule has 0 aromatic rings. The molecule has 0 amide bonds. The van der Waals surface area contributed by atoms with Crippen molar-refractivity contribution in [1.29, 1.82) is 0 Å².